The molecule has 0 radical (unpaired) electrons. The lowest BCUT2D eigenvalue weighted by Gasteiger charge is -1.91. The summed E-state index contributed by atoms with van der Waals surface area (Å²) in [7, 11) is 0. The summed E-state index contributed by atoms with van der Waals surface area (Å²) in [5.41, 5.74) is 2.43. The summed E-state index contributed by atoms with van der Waals surface area (Å²) in [4.78, 5) is 10.9. The second kappa shape index (κ2) is 4.94. The summed E-state index contributed by atoms with van der Waals surface area (Å²) in [6.07, 6.45) is 1.30. The Bertz CT molecular complexity index is 283. The molecule has 0 spiro atoms. The topological polar surface area (TPSA) is 17.1 Å². The second-order valence-corrected chi connectivity index (χ2v) is 4.39. The van der Waals surface area contributed by atoms with Crippen molar-refractivity contribution in [1.82, 2.24) is 0 Å². The number of hydrogen-bond donors (Lipinski definition) is 0. The first kappa shape index (κ1) is 11.0. The lowest BCUT2D eigenvalue weighted by Crippen LogP contribution is -1.92. The molecule has 0 aromatic heterocycles. The van der Waals surface area contributed by atoms with Crippen LogP contribution in [0.2, 0.25) is 0 Å². The molecule has 0 saturated heterocycles. The van der Waals surface area contributed by atoms with Gasteiger partial charge in [0.05, 0.1) is 0 Å². The minimum absolute atomic E-state index is 0.348. The van der Waals surface area contributed by atoms with Gasteiger partial charge in [0.2, 0.25) is 0 Å². The molecule has 0 amide bonds. The molecule has 0 fully saturated rings. The molecular formula is C13H18O. The number of carbonyl (C=O) groups is 1. The van der Waals surface area contributed by atoms with Crippen LogP contribution < -0.4 is 0 Å². The van der Waals surface area contributed by atoms with Gasteiger partial charge in [-0.25, -0.2) is 0 Å². The largest absolute Gasteiger partial charge is 0.299 e. The van der Waals surface area contributed by atoms with Gasteiger partial charge in [-0.3, -0.25) is 4.79 Å². The monoisotopic (exact) mass is 190 g/mol. The van der Waals surface area contributed by atoms with Gasteiger partial charge in [0.15, 0.2) is 0 Å². The third-order valence-corrected chi connectivity index (χ3v) is 1.89. The zero-order chi connectivity index (χ0) is 10.6. The SMILES string of the molecule is CC(C)C.O=C1Cc2ccccc2C1. The number of rotatable bonds is 0. The molecule has 0 saturated carbocycles. The van der Waals surface area contributed by atoms with Gasteiger partial charge in [0.25, 0.3) is 0 Å². The Morgan fingerprint density at radius 2 is 1.36 bits per heavy atom. The Morgan fingerprint density at radius 1 is 1.00 bits per heavy atom. The lowest BCUT2D eigenvalue weighted by molar-refractivity contribution is -0.117. The molecule has 1 nitrogen and oxygen atoms in total. The number of Topliss-reactive ketones (excluding diaryl/α,β-unsaturated/α-hetero) is 1. The van der Waals surface area contributed by atoms with E-state index < -0.39 is 0 Å². The fourth-order valence-electron chi connectivity index (χ4n) is 1.39. The quantitative estimate of drug-likeness (QED) is 0.614. The number of benzene rings is 1. The zero-order valence-corrected chi connectivity index (χ0v) is 9.21. The predicted octanol–water partition coefficient (Wildman–Crippen LogP) is 3.02. The number of fused-ring (bicyclic) bond motifs is 1. The van der Waals surface area contributed by atoms with Crippen molar-refractivity contribution < 1.29 is 4.79 Å². The fourth-order valence-corrected chi connectivity index (χ4v) is 1.39. The van der Waals surface area contributed by atoms with Gasteiger partial charge >= 0.3 is 0 Å². The Hall–Kier alpha value is -1.11. The molecule has 2 rings (SSSR count). The van der Waals surface area contributed by atoms with Gasteiger partial charge in [0.1, 0.15) is 5.78 Å². The molecule has 0 N–H and O–H groups in total. The van der Waals surface area contributed by atoms with Crippen molar-refractivity contribution in [2.45, 2.75) is 33.6 Å². The highest BCUT2D eigenvalue weighted by molar-refractivity contribution is 5.87. The average molecular weight is 190 g/mol. The molecular weight excluding hydrogens is 172 g/mol. The summed E-state index contributed by atoms with van der Waals surface area (Å²) in [5.74, 6) is 1.18. The maximum atomic E-state index is 10.9. The van der Waals surface area contributed by atoms with E-state index >= 15 is 0 Å². The Balaban J connectivity index is 0.000000213. The Kier molecular flexibility index (Phi) is 3.87. The van der Waals surface area contributed by atoms with Gasteiger partial charge in [0, 0.05) is 12.8 Å². The maximum absolute atomic E-state index is 10.9. The Morgan fingerprint density at radius 3 is 1.71 bits per heavy atom. The van der Waals surface area contributed by atoms with Crippen molar-refractivity contribution in [3.63, 3.8) is 0 Å². The average Bonchev–Trinajstić information content (AvgIpc) is 2.42. The molecule has 76 valence electrons. The summed E-state index contributed by atoms with van der Waals surface area (Å²) in [5, 5.41) is 0. The van der Waals surface area contributed by atoms with E-state index in [4.69, 9.17) is 0 Å². The van der Waals surface area contributed by atoms with Crippen LogP contribution in [-0.4, -0.2) is 5.78 Å². The molecule has 14 heavy (non-hydrogen) atoms. The van der Waals surface area contributed by atoms with E-state index in [1.807, 2.05) is 24.3 Å². The smallest absolute Gasteiger partial charge is 0.141 e. The van der Waals surface area contributed by atoms with Crippen LogP contribution in [-0.2, 0) is 17.6 Å². The number of carbonyl (C=O) groups excluding carboxylic acids is 1. The fraction of sp³-hybridized carbons (Fsp3) is 0.462. The normalized spacial score (nSPS) is 13.6. The van der Waals surface area contributed by atoms with Crippen LogP contribution in [0.5, 0.6) is 0 Å². The highest BCUT2D eigenvalue weighted by Gasteiger charge is 2.16. The molecule has 0 aliphatic heterocycles. The first-order chi connectivity index (χ1) is 6.59. The van der Waals surface area contributed by atoms with Gasteiger partial charge < -0.3 is 0 Å². The molecule has 1 heteroatoms. The third kappa shape index (κ3) is 3.33. The van der Waals surface area contributed by atoms with Crippen molar-refractivity contribution in [2.24, 2.45) is 5.92 Å². The van der Waals surface area contributed by atoms with Gasteiger partial charge in [-0.1, -0.05) is 45.0 Å². The van der Waals surface area contributed by atoms with E-state index in [1.54, 1.807) is 0 Å². The standard InChI is InChI=1S/C9H8O.C4H10/c10-9-5-7-3-1-2-4-8(7)6-9;1-4(2)3/h1-4H,5-6H2;4H,1-3H3. The van der Waals surface area contributed by atoms with Crippen molar-refractivity contribution in [3.05, 3.63) is 35.4 Å². The van der Waals surface area contributed by atoms with E-state index in [1.165, 1.54) is 11.1 Å². The molecule has 0 atom stereocenters. The summed E-state index contributed by atoms with van der Waals surface area (Å²) < 4.78 is 0. The van der Waals surface area contributed by atoms with Crippen LogP contribution in [0.25, 0.3) is 0 Å². The van der Waals surface area contributed by atoms with Gasteiger partial charge in [-0.15, -0.1) is 0 Å². The van der Waals surface area contributed by atoms with Crippen molar-refractivity contribution >= 4 is 5.78 Å². The van der Waals surface area contributed by atoms with Gasteiger partial charge in [-0.2, -0.15) is 0 Å². The predicted molar refractivity (Wildman–Crippen MR) is 59.4 cm³/mol. The van der Waals surface area contributed by atoms with Crippen LogP contribution >= 0.6 is 0 Å². The van der Waals surface area contributed by atoms with E-state index in [9.17, 15) is 4.79 Å². The number of hydrogen-bond acceptors (Lipinski definition) is 1. The first-order valence-electron chi connectivity index (χ1n) is 5.18. The summed E-state index contributed by atoms with van der Waals surface area (Å²) >= 11 is 0. The van der Waals surface area contributed by atoms with Crippen LogP contribution in [0.1, 0.15) is 31.9 Å². The second-order valence-electron chi connectivity index (χ2n) is 4.39. The van der Waals surface area contributed by atoms with E-state index in [2.05, 4.69) is 20.8 Å². The molecule has 0 bridgehead atoms. The van der Waals surface area contributed by atoms with Crippen molar-refractivity contribution in [3.8, 4) is 0 Å². The minimum Gasteiger partial charge on any atom is -0.299 e. The molecule has 1 aromatic carbocycles. The minimum atomic E-state index is 0.348. The molecule has 1 aromatic rings. The molecule has 1 aliphatic carbocycles. The van der Waals surface area contributed by atoms with Crippen LogP contribution in [0.3, 0.4) is 0 Å². The Labute approximate surface area is 86.1 Å². The highest BCUT2D eigenvalue weighted by atomic mass is 16.1. The molecule has 1 aliphatic rings. The first-order valence-corrected chi connectivity index (χ1v) is 5.18. The van der Waals surface area contributed by atoms with E-state index in [-0.39, 0.29) is 0 Å². The summed E-state index contributed by atoms with van der Waals surface area (Å²) in [6.45, 7) is 6.50. The zero-order valence-electron chi connectivity index (χ0n) is 9.21. The van der Waals surface area contributed by atoms with Crippen LogP contribution in [0, 0.1) is 5.92 Å². The summed E-state index contributed by atoms with van der Waals surface area (Å²) in [6, 6.07) is 8.02. The van der Waals surface area contributed by atoms with Crippen molar-refractivity contribution in [2.75, 3.05) is 0 Å². The van der Waals surface area contributed by atoms with Crippen LogP contribution in [0.4, 0.5) is 0 Å². The molecule has 0 heterocycles. The van der Waals surface area contributed by atoms with E-state index in [0.29, 0.717) is 18.6 Å². The van der Waals surface area contributed by atoms with Crippen molar-refractivity contribution in [1.29, 1.82) is 0 Å². The van der Waals surface area contributed by atoms with E-state index in [0.717, 1.165) is 5.92 Å². The molecule has 0 unspecified atom stereocenters. The number of ketones is 1. The highest BCUT2D eigenvalue weighted by Crippen LogP contribution is 2.17. The van der Waals surface area contributed by atoms with Crippen LogP contribution in [0.15, 0.2) is 24.3 Å². The third-order valence-electron chi connectivity index (χ3n) is 1.89. The lowest BCUT2D eigenvalue weighted by atomic mass is 10.1. The maximum Gasteiger partial charge on any atom is 0.141 e. The van der Waals surface area contributed by atoms with Gasteiger partial charge in [-0.05, 0) is 17.0 Å².